The molecule has 6 atom stereocenters. The Morgan fingerprint density at radius 3 is 2.24 bits per heavy atom. The number of amides is 4. The number of ether oxygens (including phenoxy) is 1. The molecule has 0 aromatic heterocycles. The summed E-state index contributed by atoms with van der Waals surface area (Å²) in [5.74, 6) is -5.84. The van der Waals surface area contributed by atoms with Gasteiger partial charge in [-0.1, -0.05) is 42.0 Å². The first-order valence-electron chi connectivity index (χ1n) is 14.8. The maximum absolute atomic E-state index is 14.2. The number of imide groups is 2. The number of anilines is 1. The Bertz CT molecular complexity index is 1880. The average Bonchev–Trinajstić information content (AvgIpc) is 3.40. The van der Waals surface area contributed by atoms with Crippen LogP contribution in [0.15, 0.2) is 84.4 Å². The van der Waals surface area contributed by atoms with Crippen molar-refractivity contribution >= 4 is 58.3 Å². The molecule has 11 heteroatoms. The van der Waals surface area contributed by atoms with Gasteiger partial charge < -0.3 is 9.84 Å². The van der Waals surface area contributed by atoms with Crippen LogP contribution in [0.3, 0.4) is 0 Å². The van der Waals surface area contributed by atoms with Crippen molar-refractivity contribution in [3.8, 4) is 11.5 Å². The van der Waals surface area contributed by atoms with Gasteiger partial charge in [-0.05, 0) is 61.2 Å². The number of aromatic hydroxyl groups is 1. The van der Waals surface area contributed by atoms with Crippen molar-refractivity contribution < 1.29 is 33.8 Å². The van der Waals surface area contributed by atoms with Crippen LogP contribution in [0.5, 0.6) is 11.5 Å². The van der Waals surface area contributed by atoms with E-state index in [4.69, 9.17) is 27.9 Å². The highest BCUT2D eigenvalue weighted by Crippen LogP contribution is 2.66. The number of carbonyl (C=O) groups excluding carboxylic acids is 5. The molecule has 9 nitrogen and oxygen atoms in total. The van der Waals surface area contributed by atoms with Gasteiger partial charge in [0, 0.05) is 29.7 Å². The van der Waals surface area contributed by atoms with E-state index in [1.54, 1.807) is 66.7 Å². The van der Waals surface area contributed by atoms with Crippen molar-refractivity contribution in [3.63, 3.8) is 0 Å². The van der Waals surface area contributed by atoms with E-state index in [2.05, 4.69) is 0 Å². The van der Waals surface area contributed by atoms with Crippen LogP contribution >= 0.6 is 23.2 Å². The molecule has 3 aromatic carbocycles. The van der Waals surface area contributed by atoms with Crippen LogP contribution in [0.25, 0.3) is 0 Å². The molecule has 2 aliphatic carbocycles. The van der Waals surface area contributed by atoms with Crippen LogP contribution < -0.4 is 9.64 Å². The molecule has 2 saturated heterocycles. The third-order valence-corrected chi connectivity index (χ3v) is 11.4. The lowest BCUT2D eigenvalue weighted by Crippen LogP contribution is -2.60. The van der Waals surface area contributed by atoms with Gasteiger partial charge >= 0.3 is 0 Å². The number of ketones is 1. The molecule has 7 rings (SSSR count). The number of phenols is 1. The fraction of sp³-hybridized carbons (Fsp3) is 0.286. The SMILES string of the molecule is COc1ccc(O)c([C@H]2C3=CC[C@@H]4C(=O)N(c5ccc(C(=O)c6ccccc6)cc5)C(=O)[C@@H]4[C@@H]3C[C@@]3(Cl)C(=O)N(C)C(=O)[C@@]23Cl)c1. The number of fused-ring (bicyclic) bond motifs is 4. The van der Waals surface area contributed by atoms with E-state index in [-0.39, 0.29) is 29.9 Å². The third kappa shape index (κ3) is 3.97. The molecule has 0 radical (unpaired) electrons. The van der Waals surface area contributed by atoms with E-state index >= 15 is 0 Å². The summed E-state index contributed by atoms with van der Waals surface area (Å²) in [5, 5.41) is 11.1. The molecule has 1 saturated carbocycles. The van der Waals surface area contributed by atoms with Crippen molar-refractivity contribution in [2.75, 3.05) is 19.1 Å². The molecule has 3 aromatic rings. The minimum absolute atomic E-state index is 0.168. The first-order valence-corrected chi connectivity index (χ1v) is 15.5. The molecule has 0 bridgehead atoms. The van der Waals surface area contributed by atoms with Gasteiger partial charge in [-0.25, -0.2) is 0 Å². The number of alkyl halides is 2. The van der Waals surface area contributed by atoms with Gasteiger partial charge in [0.1, 0.15) is 11.5 Å². The Hall–Kier alpha value is -4.47. The number of rotatable bonds is 5. The molecular formula is C35H28Cl2N2O7. The molecule has 2 aliphatic heterocycles. The minimum atomic E-state index is -2.02. The number of likely N-dealkylation sites (tertiary alicyclic amines) is 1. The maximum Gasteiger partial charge on any atom is 0.253 e. The third-order valence-electron chi connectivity index (χ3n) is 9.98. The largest absolute Gasteiger partial charge is 0.508 e. The Labute approximate surface area is 274 Å². The van der Waals surface area contributed by atoms with Gasteiger partial charge in [-0.2, -0.15) is 0 Å². The monoisotopic (exact) mass is 658 g/mol. The van der Waals surface area contributed by atoms with Gasteiger partial charge in [0.05, 0.1) is 24.6 Å². The Kier molecular flexibility index (Phi) is 6.92. The minimum Gasteiger partial charge on any atom is -0.508 e. The first kappa shape index (κ1) is 30.2. The fourth-order valence-corrected chi connectivity index (χ4v) is 8.76. The Morgan fingerprint density at radius 1 is 0.891 bits per heavy atom. The van der Waals surface area contributed by atoms with Crippen LogP contribution in [0.2, 0.25) is 0 Å². The molecule has 4 amide bonds. The van der Waals surface area contributed by atoms with E-state index in [1.165, 1.54) is 20.2 Å². The fourth-order valence-electron chi connectivity index (χ4n) is 7.75. The van der Waals surface area contributed by atoms with Gasteiger partial charge in [0.25, 0.3) is 11.8 Å². The van der Waals surface area contributed by atoms with E-state index < -0.39 is 57.0 Å². The molecular weight excluding hydrogens is 631 g/mol. The summed E-state index contributed by atoms with van der Waals surface area (Å²) < 4.78 is 5.39. The Balaban J connectivity index is 1.29. The summed E-state index contributed by atoms with van der Waals surface area (Å²) in [6.07, 6.45) is 1.80. The summed E-state index contributed by atoms with van der Waals surface area (Å²) in [5.41, 5.74) is 2.00. The van der Waals surface area contributed by atoms with Crippen LogP contribution in [-0.2, 0) is 19.2 Å². The topological polar surface area (TPSA) is 121 Å². The van der Waals surface area contributed by atoms with Crippen LogP contribution in [0, 0.1) is 17.8 Å². The number of allylic oxidation sites excluding steroid dienone is 2. The van der Waals surface area contributed by atoms with Gasteiger partial charge in [0.2, 0.25) is 11.8 Å². The number of carbonyl (C=O) groups is 5. The highest BCUT2D eigenvalue weighted by molar-refractivity contribution is 6.53. The summed E-state index contributed by atoms with van der Waals surface area (Å²) >= 11 is 14.4. The number of methoxy groups -OCH3 is 1. The van der Waals surface area contributed by atoms with Gasteiger partial charge in [-0.15, -0.1) is 23.2 Å². The predicted molar refractivity (Wildman–Crippen MR) is 169 cm³/mol. The number of hydrogen-bond donors (Lipinski definition) is 1. The smallest absolute Gasteiger partial charge is 0.253 e. The number of halogens is 2. The van der Waals surface area contributed by atoms with Crippen LogP contribution in [-0.4, -0.2) is 63.3 Å². The lowest BCUT2D eigenvalue weighted by molar-refractivity contribution is -0.138. The van der Waals surface area contributed by atoms with E-state index in [9.17, 15) is 29.1 Å². The molecule has 46 heavy (non-hydrogen) atoms. The molecule has 3 fully saturated rings. The molecule has 0 unspecified atom stereocenters. The lowest BCUT2D eigenvalue weighted by Gasteiger charge is -2.50. The highest BCUT2D eigenvalue weighted by Gasteiger charge is 2.76. The van der Waals surface area contributed by atoms with Crippen molar-refractivity contribution in [1.29, 1.82) is 0 Å². The lowest BCUT2D eigenvalue weighted by atomic mass is 9.56. The van der Waals surface area contributed by atoms with Crippen LogP contribution in [0.4, 0.5) is 5.69 Å². The quantitative estimate of drug-likeness (QED) is 0.180. The van der Waals surface area contributed by atoms with E-state index in [0.29, 0.717) is 28.1 Å². The standard InChI is InChI=1S/C35H28Cl2N2O7/c1-38-32(44)34(36)17-25-22(28(35(34,37)33(38)45)24-16-21(46-2)12-15-26(24)40)13-14-23-27(25)31(43)39(30(23)42)20-10-8-19(9-11-20)29(41)18-6-4-3-5-7-18/h3-13,15-16,23,25,27-28,40H,14,17H2,1-2H3/t23-,25+,27-,28+,34+,35-/m0/s1. The molecule has 4 aliphatic rings. The summed E-state index contributed by atoms with van der Waals surface area (Å²) in [7, 11) is 2.75. The number of nitrogens with zero attached hydrogens (tertiary/aromatic N) is 2. The van der Waals surface area contributed by atoms with E-state index in [0.717, 1.165) is 9.80 Å². The number of benzene rings is 3. The second kappa shape index (κ2) is 10.5. The van der Waals surface area contributed by atoms with Crippen molar-refractivity contribution in [2.24, 2.45) is 17.8 Å². The van der Waals surface area contributed by atoms with Gasteiger partial charge in [0.15, 0.2) is 15.5 Å². The van der Waals surface area contributed by atoms with Gasteiger partial charge in [-0.3, -0.25) is 33.8 Å². The normalized spacial score (nSPS) is 30.1. The van der Waals surface area contributed by atoms with Crippen molar-refractivity contribution in [1.82, 2.24) is 4.90 Å². The predicted octanol–water partition coefficient (Wildman–Crippen LogP) is 4.83. The maximum atomic E-state index is 14.2. The van der Waals surface area contributed by atoms with Crippen molar-refractivity contribution in [2.45, 2.75) is 28.5 Å². The second-order valence-electron chi connectivity index (χ2n) is 12.2. The number of hydrogen-bond acceptors (Lipinski definition) is 7. The van der Waals surface area contributed by atoms with Crippen LogP contribution in [0.1, 0.15) is 40.2 Å². The second-order valence-corrected chi connectivity index (χ2v) is 13.4. The molecule has 234 valence electrons. The molecule has 0 spiro atoms. The summed E-state index contributed by atoms with van der Waals surface area (Å²) in [4.78, 5) is 66.5. The van der Waals surface area contributed by atoms with Crippen molar-refractivity contribution in [3.05, 3.63) is 101 Å². The number of phenolic OH excluding ortho intramolecular Hbond substituents is 1. The summed E-state index contributed by atoms with van der Waals surface area (Å²) in [6.45, 7) is 0. The zero-order valence-corrected chi connectivity index (χ0v) is 26.3. The molecule has 1 N–H and O–H groups in total. The van der Waals surface area contributed by atoms with E-state index in [1.807, 2.05) is 6.07 Å². The summed E-state index contributed by atoms with van der Waals surface area (Å²) in [6, 6.07) is 19.5. The highest BCUT2D eigenvalue weighted by atomic mass is 35.5. The Morgan fingerprint density at radius 2 is 1.57 bits per heavy atom. The zero-order chi connectivity index (χ0) is 32.7. The zero-order valence-electron chi connectivity index (χ0n) is 24.8. The molecule has 2 heterocycles. The first-order chi connectivity index (χ1) is 21.9. The average molecular weight is 660 g/mol.